The van der Waals surface area contributed by atoms with Gasteiger partial charge < -0.3 is 0 Å². The van der Waals surface area contributed by atoms with Gasteiger partial charge >= 0.3 is 12.4 Å². The summed E-state index contributed by atoms with van der Waals surface area (Å²) in [5.74, 6) is 0. The third kappa shape index (κ3) is 5.83. The highest BCUT2D eigenvalue weighted by molar-refractivity contribution is 5.95. The predicted octanol–water partition coefficient (Wildman–Crippen LogP) is 16.3. The van der Waals surface area contributed by atoms with Crippen LogP contribution in [0, 0.1) is 0 Å². The van der Waals surface area contributed by atoms with Crippen LogP contribution in [0.15, 0.2) is 182 Å². The molecule has 0 amide bonds. The molecule has 0 atom stereocenters. The van der Waals surface area contributed by atoms with Gasteiger partial charge in [0.1, 0.15) is 0 Å². The van der Waals surface area contributed by atoms with E-state index in [1.54, 1.807) is 36.4 Å². The fourth-order valence-corrected chi connectivity index (χ4v) is 10.6. The molecule has 0 saturated carbocycles. The molecule has 10 aromatic rings. The molecule has 0 radical (unpaired) electrons. The molecule has 0 spiro atoms. The minimum atomic E-state index is -5.73. The van der Waals surface area contributed by atoms with Crippen molar-refractivity contribution in [1.29, 1.82) is 0 Å². The number of hydrogen-bond donors (Lipinski definition) is 0. The zero-order valence-electron chi connectivity index (χ0n) is 35.5. The maximum Gasteiger partial charge on any atom is 0.411 e. The number of para-hydroxylation sites is 2. The Balaban J connectivity index is 0.893. The first-order valence-electron chi connectivity index (χ1n) is 21.7. The summed E-state index contributed by atoms with van der Waals surface area (Å²) in [7, 11) is 0. The van der Waals surface area contributed by atoms with Gasteiger partial charge in [0.05, 0.1) is 22.9 Å². The maximum absolute atomic E-state index is 15.6. The fraction of sp³-hybridized carbons (Fsp3) is 0.103. The third-order valence-electron chi connectivity index (χ3n) is 14.0. The highest BCUT2D eigenvalue weighted by atomic mass is 19.4. The molecule has 8 heteroatoms. The van der Waals surface area contributed by atoms with Crippen molar-refractivity contribution < 1.29 is 26.3 Å². The Morgan fingerprint density at radius 3 is 1.24 bits per heavy atom. The monoisotopic (exact) mass is 874 g/mol. The molecular formula is C58H36F6N2. The Morgan fingerprint density at radius 1 is 0.364 bits per heavy atom. The number of fused-ring (bicyclic) bond motifs is 9. The maximum atomic E-state index is 15.6. The van der Waals surface area contributed by atoms with Crippen molar-refractivity contribution in [2.45, 2.75) is 37.0 Å². The molecule has 12 rings (SSSR count). The standard InChI is InChI=1S/C58H36F6N2/c1-55(2)48-28-40(39-16-15-37-26-36(13-14-38(37)27-39)35-12-11-33-7-3-4-8-34(33)25-35)17-21-44(48)45-22-18-41(29-49(45)55)42-19-23-46-47-24-20-43(54-32-65-52-9-5-6-10-53(52)66-54)31-51(47)56(50(46)30-42,57(59,60)61)58(62,63)64/h3-32H,1-2H3. The highest BCUT2D eigenvalue weighted by Gasteiger charge is 2.75. The lowest BCUT2D eigenvalue weighted by molar-refractivity contribution is -0.287. The lowest BCUT2D eigenvalue weighted by Crippen LogP contribution is -2.53. The van der Waals surface area contributed by atoms with E-state index in [0.29, 0.717) is 16.6 Å². The van der Waals surface area contributed by atoms with Gasteiger partial charge in [-0.15, -0.1) is 0 Å². The van der Waals surface area contributed by atoms with E-state index in [1.165, 1.54) is 35.2 Å². The third-order valence-corrected chi connectivity index (χ3v) is 14.0. The summed E-state index contributed by atoms with van der Waals surface area (Å²) in [5, 5.41) is 4.64. The lowest BCUT2D eigenvalue weighted by Gasteiger charge is -2.36. The van der Waals surface area contributed by atoms with Gasteiger partial charge in [0.15, 0.2) is 0 Å². The average Bonchev–Trinajstić information content (AvgIpc) is 3.75. The van der Waals surface area contributed by atoms with E-state index < -0.39 is 34.3 Å². The summed E-state index contributed by atoms with van der Waals surface area (Å²) in [6, 6.07) is 54.8. The van der Waals surface area contributed by atoms with E-state index in [-0.39, 0.29) is 27.9 Å². The number of benzene rings is 9. The molecule has 0 unspecified atom stereocenters. The number of nitrogens with zero attached hydrogens (tertiary/aromatic N) is 2. The van der Waals surface area contributed by atoms with Crippen molar-refractivity contribution in [1.82, 2.24) is 9.97 Å². The molecule has 320 valence electrons. The molecule has 2 aliphatic carbocycles. The van der Waals surface area contributed by atoms with Crippen LogP contribution in [0.1, 0.15) is 36.1 Å². The Morgan fingerprint density at radius 2 is 0.727 bits per heavy atom. The van der Waals surface area contributed by atoms with Crippen LogP contribution in [-0.4, -0.2) is 22.3 Å². The van der Waals surface area contributed by atoms with Crippen molar-refractivity contribution in [3.8, 4) is 66.9 Å². The second kappa shape index (κ2) is 14.0. The SMILES string of the molecule is CC1(C)c2cc(-c3ccc4c(c3)C(C(F)(F)F)(C(F)(F)F)c3cc(-c5cnc6ccccc6n5)ccc3-4)ccc2-c2ccc(-c3ccc4cc(-c5ccc6ccccc6c5)ccc4c3)cc21. The number of hydrogen-bond acceptors (Lipinski definition) is 2. The summed E-state index contributed by atoms with van der Waals surface area (Å²) < 4.78 is 93.5. The molecule has 0 saturated heterocycles. The van der Waals surface area contributed by atoms with Gasteiger partial charge in [-0.25, -0.2) is 4.98 Å². The number of halogens is 6. The fourth-order valence-electron chi connectivity index (χ4n) is 10.6. The molecule has 66 heavy (non-hydrogen) atoms. The van der Waals surface area contributed by atoms with Gasteiger partial charge in [-0.1, -0.05) is 135 Å². The average molecular weight is 875 g/mol. The van der Waals surface area contributed by atoms with E-state index in [1.807, 2.05) is 24.3 Å². The molecule has 1 heterocycles. The molecule has 9 aromatic carbocycles. The van der Waals surface area contributed by atoms with Crippen molar-refractivity contribution in [3.05, 3.63) is 204 Å². The Kier molecular flexibility index (Phi) is 8.45. The van der Waals surface area contributed by atoms with Crippen molar-refractivity contribution >= 4 is 32.6 Å². The summed E-state index contributed by atoms with van der Waals surface area (Å²) in [4.78, 5) is 8.88. The molecule has 0 aliphatic heterocycles. The van der Waals surface area contributed by atoms with Crippen LogP contribution >= 0.6 is 0 Å². The molecule has 1 aromatic heterocycles. The van der Waals surface area contributed by atoms with E-state index >= 15 is 26.3 Å². The van der Waals surface area contributed by atoms with Gasteiger partial charge in [0.25, 0.3) is 0 Å². The first-order valence-corrected chi connectivity index (χ1v) is 21.7. The summed E-state index contributed by atoms with van der Waals surface area (Å²) in [6.07, 6.45) is -10.1. The molecule has 0 N–H and O–H groups in total. The largest absolute Gasteiger partial charge is 0.411 e. The topological polar surface area (TPSA) is 25.8 Å². The Bertz CT molecular complexity index is 3660. The van der Waals surface area contributed by atoms with Gasteiger partial charge in [-0.3, -0.25) is 4.98 Å². The van der Waals surface area contributed by atoms with Crippen molar-refractivity contribution in [3.63, 3.8) is 0 Å². The quantitative estimate of drug-likeness (QED) is 0.165. The molecule has 2 nitrogen and oxygen atoms in total. The molecular weight excluding hydrogens is 839 g/mol. The van der Waals surface area contributed by atoms with Crippen LogP contribution in [0.25, 0.3) is 99.5 Å². The van der Waals surface area contributed by atoms with E-state index in [4.69, 9.17) is 0 Å². The normalized spacial score (nSPS) is 14.6. The van der Waals surface area contributed by atoms with Crippen molar-refractivity contribution in [2.24, 2.45) is 0 Å². The number of alkyl halides is 6. The summed E-state index contributed by atoms with van der Waals surface area (Å²) >= 11 is 0. The number of aromatic nitrogens is 2. The van der Waals surface area contributed by atoms with Gasteiger partial charge in [-0.2, -0.15) is 26.3 Å². The lowest BCUT2D eigenvalue weighted by atomic mass is 9.75. The van der Waals surface area contributed by atoms with Crippen LogP contribution in [0.2, 0.25) is 0 Å². The first kappa shape index (κ1) is 40.0. The first-order chi connectivity index (χ1) is 31.7. The molecule has 2 aliphatic rings. The zero-order chi connectivity index (χ0) is 45.3. The summed E-state index contributed by atoms with van der Waals surface area (Å²) in [5.41, 5.74) is 3.76. The van der Waals surface area contributed by atoms with E-state index in [9.17, 15) is 0 Å². The highest BCUT2D eigenvalue weighted by Crippen LogP contribution is 2.64. The molecule has 0 bridgehead atoms. The van der Waals surface area contributed by atoms with Crippen LogP contribution in [0.5, 0.6) is 0 Å². The zero-order valence-corrected chi connectivity index (χ0v) is 35.5. The van der Waals surface area contributed by atoms with Crippen LogP contribution in [0.3, 0.4) is 0 Å². The van der Waals surface area contributed by atoms with E-state index in [2.05, 4.69) is 109 Å². The Labute approximate surface area is 375 Å². The second-order valence-corrected chi connectivity index (χ2v) is 18.0. The van der Waals surface area contributed by atoms with Gasteiger partial charge in [0, 0.05) is 11.0 Å². The minimum Gasteiger partial charge on any atom is -0.252 e. The number of rotatable bonds is 4. The predicted molar refractivity (Wildman–Crippen MR) is 252 cm³/mol. The van der Waals surface area contributed by atoms with Crippen LogP contribution < -0.4 is 0 Å². The smallest absolute Gasteiger partial charge is 0.252 e. The van der Waals surface area contributed by atoms with Gasteiger partial charge in [0.2, 0.25) is 5.41 Å². The summed E-state index contributed by atoms with van der Waals surface area (Å²) in [6.45, 7) is 4.21. The van der Waals surface area contributed by atoms with Crippen LogP contribution in [0.4, 0.5) is 26.3 Å². The van der Waals surface area contributed by atoms with Crippen LogP contribution in [-0.2, 0) is 10.8 Å². The minimum absolute atomic E-state index is 0.105. The Hall–Kier alpha value is -7.58. The van der Waals surface area contributed by atoms with Gasteiger partial charge in [-0.05, 0) is 154 Å². The van der Waals surface area contributed by atoms with E-state index in [0.717, 1.165) is 67.4 Å². The second-order valence-electron chi connectivity index (χ2n) is 18.0. The van der Waals surface area contributed by atoms with Crippen molar-refractivity contribution in [2.75, 3.05) is 0 Å². The molecule has 0 fully saturated rings.